The van der Waals surface area contributed by atoms with Crippen LogP contribution in [0.2, 0.25) is 0 Å². The van der Waals surface area contributed by atoms with Crippen molar-refractivity contribution in [2.45, 2.75) is 12.3 Å². The molecule has 0 aromatic heterocycles. The van der Waals surface area contributed by atoms with E-state index in [2.05, 4.69) is 0 Å². The van der Waals surface area contributed by atoms with Gasteiger partial charge in [-0.15, -0.1) is 0 Å². The first-order chi connectivity index (χ1) is 10.9. The Bertz CT molecular complexity index is 682. The molecule has 0 radical (unpaired) electrons. The van der Waals surface area contributed by atoms with Crippen molar-refractivity contribution >= 4 is 17.3 Å². The Morgan fingerprint density at radius 1 is 0.870 bits per heavy atom. The Kier molecular flexibility index (Phi) is 4.65. The second-order valence-corrected chi connectivity index (χ2v) is 4.85. The zero-order valence-electron chi connectivity index (χ0n) is 11.8. The molecular weight excluding hydrogens is 304 g/mol. The molecule has 8 heteroatoms. The van der Waals surface area contributed by atoms with E-state index in [1.54, 1.807) is 0 Å². The standard InChI is InChI=1S/C15H12N2O6/c18-15(19)9-14(10-1-5-12(6-2-10)16(20)21)11-3-7-13(8-4-11)17(22)23/h1-8,14H,9H2,(H,18,19). The van der Waals surface area contributed by atoms with E-state index in [0.29, 0.717) is 11.1 Å². The van der Waals surface area contributed by atoms with E-state index in [9.17, 15) is 25.0 Å². The SMILES string of the molecule is O=C(O)CC(c1ccc([N+](=O)[O-])cc1)c1ccc([N+](=O)[O-])cc1. The zero-order chi connectivity index (χ0) is 17.0. The number of carboxylic acids is 1. The number of carbonyl (C=O) groups is 1. The first-order valence-electron chi connectivity index (χ1n) is 6.59. The number of benzene rings is 2. The molecule has 0 saturated heterocycles. The van der Waals surface area contributed by atoms with Crippen LogP contribution in [-0.4, -0.2) is 20.9 Å². The molecule has 0 unspecified atom stereocenters. The Morgan fingerprint density at radius 2 is 1.22 bits per heavy atom. The van der Waals surface area contributed by atoms with E-state index >= 15 is 0 Å². The van der Waals surface area contributed by atoms with Gasteiger partial charge in [-0.05, 0) is 11.1 Å². The lowest BCUT2D eigenvalue weighted by Crippen LogP contribution is -2.08. The molecule has 0 amide bonds. The van der Waals surface area contributed by atoms with Crippen molar-refractivity contribution in [3.63, 3.8) is 0 Å². The topological polar surface area (TPSA) is 124 Å². The number of hydrogen-bond acceptors (Lipinski definition) is 5. The van der Waals surface area contributed by atoms with Crippen LogP contribution in [0.1, 0.15) is 23.5 Å². The van der Waals surface area contributed by atoms with Gasteiger partial charge in [-0.1, -0.05) is 24.3 Å². The van der Waals surface area contributed by atoms with Crippen LogP contribution in [0, 0.1) is 20.2 Å². The van der Waals surface area contributed by atoms with E-state index < -0.39 is 21.7 Å². The summed E-state index contributed by atoms with van der Waals surface area (Å²) in [7, 11) is 0. The van der Waals surface area contributed by atoms with Crippen molar-refractivity contribution < 1.29 is 19.7 Å². The maximum Gasteiger partial charge on any atom is 0.304 e. The lowest BCUT2D eigenvalue weighted by molar-refractivity contribution is -0.385. The van der Waals surface area contributed by atoms with E-state index in [4.69, 9.17) is 5.11 Å². The Labute approximate surface area is 130 Å². The molecule has 0 aliphatic heterocycles. The summed E-state index contributed by atoms with van der Waals surface area (Å²) in [4.78, 5) is 31.4. The van der Waals surface area contributed by atoms with Crippen molar-refractivity contribution in [2.24, 2.45) is 0 Å². The van der Waals surface area contributed by atoms with Crippen molar-refractivity contribution in [1.82, 2.24) is 0 Å². The molecule has 0 aliphatic rings. The van der Waals surface area contributed by atoms with Crippen molar-refractivity contribution in [1.29, 1.82) is 0 Å². The predicted octanol–water partition coefficient (Wildman–Crippen LogP) is 3.11. The molecule has 0 aliphatic carbocycles. The smallest absolute Gasteiger partial charge is 0.304 e. The van der Waals surface area contributed by atoms with Gasteiger partial charge >= 0.3 is 5.97 Å². The van der Waals surface area contributed by atoms with Crippen LogP contribution in [0.3, 0.4) is 0 Å². The predicted molar refractivity (Wildman–Crippen MR) is 80.3 cm³/mol. The van der Waals surface area contributed by atoms with Crippen molar-refractivity contribution in [3.8, 4) is 0 Å². The highest BCUT2D eigenvalue weighted by Gasteiger charge is 2.20. The number of rotatable bonds is 6. The summed E-state index contributed by atoms with van der Waals surface area (Å²) in [6, 6.07) is 11.2. The molecular formula is C15H12N2O6. The summed E-state index contributed by atoms with van der Waals surface area (Å²) >= 11 is 0. The molecule has 0 saturated carbocycles. The normalized spacial score (nSPS) is 10.5. The lowest BCUT2D eigenvalue weighted by atomic mass is 9.88. The molecule has 0 fully saturated rings. The number of hydrogen-bond donors (Lipinski definition) is 1. The van der Waals surface area contributed by atoms with Gasteiger partial charge in [-0.25, -0.2) is 0 Å². The second-order valence-electron chi connectivity index (χ2n) is 4.85. The largest absolute Gasteiger partial charge is 0.481 e. The third-order valence-electron chi connectivity index (χ3n) is 3.39. The molecule has 2 aromatic carbocycles. The Morgan fingerprint density at radius 3 is 1.48 bits per heavy atom. The number of nitro benzene ring substituents is 2. The molecule has 0 atom stereocenters. The monoisotopic (exact) mass is 316 g/mol. The van der Waals surface area contributed by atoms with Gasteiger partial charge in [0.2, 0.25) is 0 Å². The van der Waals surface area contributed by atoms with Gasteiger partial charge in [0, 0.05) is 30.2 Å². The first-order valence-corrected chi connectivity index (χ1v) is 6.59. The van der Waals surface area contributed by atoms with E-state index in [-0.39, 0.29) is 17.8 Å². The average molecular weight is 316 g/mol. The van der Waals surface area contributed by atoms with Crippen LogP contribution in [-0.2, 0) is 4.79 Å². The van der Waals surface area contributed by atoms with E-state index in [1.165, 1.54) is 48.5 Å². The average Bonchev–Trinajstić information content (AvgIpc) is 2.52. The maximum atomic E-state index is 11.1. The minimum Gasteiger partial charge on any atom is -0.481 e. The Balaban J connectivity index is 2.38. The molecule has 0 bridgehead atoms. The summed E-state index contributed by atoms with van der Waals surface area (Å²) in [6.07, 6.45) is -0.227. The second kappa shape index (κ2) is 6.65. The van der Waals surface area contributed by atoms with Crippen LogP contribution < -0.4 is 0 Å². The molecule has 2 rings (SSSR count). The number of carboxylic acid groups (broad SMARTS) is 1. The van der Waals surface area contributed by atoms with Crippen LogP contribution in [0.5, 0.6) is 0 Å². The summed E-state index contributed by atoms with van der Waals surface area (Å²) in [6.45, 7) is 0. The highest BCUT2D eigenvalue weighted by molar-refractivity contribution is 5.69. The molecule has 0 spiro atoms. The van der Waals surface area contributed by atoms with Crippen molar-refractivity contribution in [2.75, 3.05) is 0 Å². The van der Waals surface area contributed by atoms with Crippen LogP contribution in [0.4, 0.5) is 11.4 Å². The number of non-ortho nitro benzene ring substituents is 2. The molecule has 0 heterocycles. The van der Waals surface area contributed by atoms with Gasteiger partial charge in [0.15, 0.2) is 0 Å². The minimum absolute atomic E-state index is 0.0912. The third-order valence-corrected chi connectivity index (χ3v) is 3.39. The lowest BCUT2D eigenvalue weighted by Gasteiger charge is -2.15. The molecule has 8 nitrogen and oxygen atoms in total. The highest BCUT2D eigenvalue weighted by atomic mass is 16.6. The van der Waals surface area contributed by atoms with Crippen LogP contribution in [0.25, 0.3) is 0 Å². The highest BCUT2D eigenvalue weighted by Crippen LogP contribution is 2.30. The van der Waals surface area contributed by atoms with Gasteiger partial charge in [-0.2, -0.15) is 0 Å². The summed E-state index contributed by atoms with van der Waals surface area (Å²) < 4.78 is 0. The van der Waals surface area contributed by atoms with Crippen LogP contribution in [0.15, 0.2) is 48.5 Å². The summed E-state index contributed by atoms with van der Waals surface area (Å²) in [5.74, 6) is -1.58. The van der Waals surface area contributed by atoms with Crippen molar-refractivity contribution in [3.05, 3.63) is 79.9 Å². The van der Waals surface area contributed by atoms with Gasteiger partial charge in [0.05, 0.1) is 16.3 Å². The maximum absolute atomic E-state index is 11.1. The third kappa shape index (κ3) is 3.88. The number of aliphatic carboxylic acids is 1. The first kappa shape index (κ1) is 16.1. The van der Waals surface area contributed by atoms with Crippen LogP contribution >= 0.6 is 0 Å². The summed E-state index contributed by atoms with van der Waals surface area (Å²) in [5, 5.41) is 30.4. The van der Waals surface area contributed by atoms with E-state index in [0.717, 1.165) is 0 Å². The van der Waals surface area contributed by atoms with Gasteiger partial charge < -0.3 is 5.11 Å². The zero-order valence-corrected chi connectivity index (χ0v) is 11.8. The fourth-order valence-electron chi connectivity index (χ4n) is 2.26. The molecule has 23 heavy (non-hydrogen) atoms. The van der Waals surface area contributed by atoms with Gasteiger partial charge in [0.25, 0.3) is 11.4 Å². The minimum atomic E-state index is -1.04. The van der Waals surface area contributed by atoms with E-state index in [1.807, 2.05) is 0 Å². The van der Waals surface area contributed by atoms with Gasteiger partial charge in [0.1, 0.15) is 0 Å². The molecule has 118 valence electrons. The molecule has 1 N–H and O–H groups in total. The summed E-state index contributed by atoms with van der Waals surface area (Å²) in [5.41, 5.74) is 0.997. The Hall–Kier alpha value is -3.29. The number of nitrogens with zero attached hydrogens (tertiary/aromatic N) is 2. The fourth-order valence-corrected chi connectivity index (χ4v) is 2.26. The quantitative estimate of drug-likeness (QED) is 0.645. The molecule has 2 aromatic rings. The van der Waals surface area contributed by atoms with Gasteiger partial charge in [-0.3, -0.25) is 25.0 Å². The number of nitro groups is 2. The fraction of sp³-hybridized carbons (Fsp3) is 0.133.